The van der Waals surface area contributed by atoms with E-state index < -0.39 is 5.60 Å². The van der Waals surface area contributed by atoms with E-state index in [1.165, 1.54) is 11.0 Å². The largest absolute Gasteiger partial charge is 0.486 e. The molecule has 0 radical (unpaired) electrons. The summed E-state index contributed by atoms with van der Waals surface area (Å²) >= 11 is 0. The Balaban J connectivity index is 1.22. The maximum absolute atomic E-state index is 12.9. The number of carbonyl (C=O) groups is 1. The van der Waals surface area contributed by atoms with Crippen molar-refractivity contribution in [2.45, 2.75) is 77.2 Å². The van der Waals surface area contributed by atoms with E-state index in [9.17, 15) is 4.79 Å². The number of piperidine rings is 1. The molecule has 1 saturated carbocycles. The summed E-state index contributed by atoms with van der Waals surface area (Å²) in [6.07, 6.45) is 9.78. The smallest absolute Gasteiger partial charge is 0.410 e. The molecule has 2 fully saturated rings. The summed E-state index contributed by atoms with van der Waals surface area (Å²) in [5.41, 5.74) is 0.247. The first kappa shape index (κ1) is 23.2. The number of amides is 1. The van der Waals surface area contributed by atoms with E-state index in [1.807, 2.05) is 36.5 Å². The monoisotopic (exact) mass is 481 g/mol. The Bertz CT molecular complexity index is 1120. The molecule has 3 unspecified atom stereocenters. The molecular formula is C23H31N9O3. The molecule has 1 saturated heterocycles. The summed E-state index contributed by atoms with van der Waals surface area (Å²) in [6, 6.07) is 3.91. The molecule has 186 valence electrons. The number of fused-ring (bicyclic) bond motifs is 1. The summed E-state index contributed by atoms with van der Waals surface area (Å²) < 4.78 is 13.0. The highest BCUT2D eigenvalue weighted by atomic mass is 16.6. The van der Waals surface area contributed by atoms with Crippen LogP contribution in [0.25, 0.3) is 5.82 Å². The van der Waals surface area contributed by atoms with Crippen molar-refractivity contribution in [1.29, 1.82) is 0 Å². The van der Waals surface area contributed by atoms with Crippen molar-refractivity contribution in [3.63, 3.8) is 0 Å². The molecule has 1 amide bonds. The number of pyridine rings is 1. The molecule has 12 heteroatoms. The predicted octanol–water partition coefficient (Wildman–Crippen LogP) is 2.97. The first-order valence-corrected chi connectivity index (χ1v) is 12.1. The lowest BCUT2D eigenvalue weighted by molar-refractivity contribution is -0.0225. The molecule has 3 aromatic heterocycles. The van der Waals surface area contributed by atoms with Crippen LogP contribution in [0.3, 0.4) is 0 Å². The van der Waals surface area contributed by atoms with Gasteiger partial charge in [0.1, 0.15) is 30.0 Å². The summed E-state index contributed by atoms with van der Waals surface area (Å²) in [5.74, 6) is 1.54. The summed E-state index contributed by atoms with van der Waals surface area (Å²) in [7, 11) is 0. The van der Waals surface area contributed by atoms with E-state index in [1.54, 1.807) is 18.5 Å². The minimum absolute atomic E-state index is 0.157. The summed E-state index contributed by atoms with van der Waals surface area (Å²) in [6.45, 7) is 6.66. The fourth-order valence-electron chi connectivity index (χ4n) is 5.01. The average Bonchev–Trinajstić information content (AvgIpc) is 3.54. The fourth-order valence-corrected chi connectivity index (χ4v) is 5.01. The van der Waals surface area contributed by atoms with Gasteiger partial charge in [-0.3, -0.25) is 0 Å². The Morgan fingerprint density at radius 2 is 1.97 bits per heavy atom. The minimum Gasteiger partial charge on any atom is -0.486 e. The molecule has 0 N–H and O–H groups in total. The van der Waals surface area contributed by atoms with Crippen LogP contribution < -0.4 is 4.74 Å². The van der Waals surface area contributed by atoms with Gasteiger partial charge in [0.2, 0.25) is 0 Å². The lowest BCUT2D eigenvalue weighted by Crippen LogP contribution is -2.54. The van der Waals surface area contributed by atoms with Gasteiger partial charge >= 0.3 is 6.09 Å². The Hall–Kier alpha value is -3.57. The maximum Gasteiger partial charge on any atom is 0.410 e. The standard InChI is InChI=1S/C23H31N9O3/c1-23(2,3)35-22(33)30-11-10-20(18-6-4-5-7-19(18)30)32-26-12-16(27-32)14-34-17-8-9-21(24-13-17)31-15-25-28-29-31/h8-9,12-13,15,18-20H,4-7,10-11,14H2,1-3H3. The van der Waals surface area contributed by atoms with Crippen molar-refractivity contribution in [3.8, 4) is 11.6 Å². The molecule has 5 rings (SSSR count). The number of ether oxygens (including phenoxy) is 2. The number of aromatic nitrogens is 8. The van der Waals surface area contributed by atoms with Gasteiger partial charge in [0.15, 0.2) is 5.82 Å². The Morgan fingerprint density at radius 3 is 2.71 bits per heavy atom. The van der Waals surface area contributed by atoms with Gasteiger partial charge in [0.25, 0.3) is 0 Å². The minimum atomic E-state index is -0.500. The van der Waals surface area contributed by atoms with Gasteiger partial charge in [-0.05, 0) is 62.6 Å². The number of likely N-dealkylation sites (tertiary alicyclic amines) is 1. The molecule has 0 spiro atoms. The molecule has 0 bridgehead atoms. The third-order valence-electron chi connectivity index (χ3n) is 6.51. The van der Waals surface area contributed by atoms with E-state index >= 15 is 0 Å². The lowest BCUT2D eigenvalue weighted by Gasteiger charge is -2.47. The molecule has 35 heavy (non-hydrogen) atoms. The van der Waals surface area contributed by atoms with Crippen molar-refractivity contribution < 1.29 is 14.3 Å². The molecule has 3 aromatic rings. The molecular weight excluding hydrogens is 450 g/mol. The van der Waals surface area contributed by atoms with Crippen molar-refractivity contribution in [2.24, 2.45) is 5.92 Å². The third-order valence-corrected chi connectivity index (χ3v) is 6.51. The van der Waals surface area contributed by atoms with Crippen molar-refractivity contribution in [3.05, 3.63) is 36.5 Å². The van der Waals surface area contributed by atoms with Crippen molar-refractivity contribution in [1.82, 2.24) is 45.1 Å². The van der Waals surface area contributed by atoms with E-state index in [4.69, 9.17) is 14.6 Å². The Kier molecular flexibility index (Phi) is 6.35. The van der Waals surface area contributed by atoms with Crippen LogP contribution in [0.1, 0.15) is 64.6 Å². The molecule has 4 heterocycles. The zero-order chi connectivity index (χ0) is 24.4. The van der Waals surface area contributed by atoms with E-state index in [0.29, 0.717) is 24.0 Å². The Labute approximate surface area is 203 Å². The zero-order valence-electron chi connectivity index (χ0n) is 20.3. The maximum atomic E-state index is 12.9. The molecule has 3 atom stereocenters. The highest BCUT2D eigenvalue weighted by Gasteiger charge is 2.44. The fraction of sp³-hybridized carbons (Fsp3) is 0.609. The number of rotatable bonds is 5. The number of carbonyl (C=O) groups excluding carboxylic acids is 1. The average molecular weight is 482 g/mol. The lowest BCUT2D eigenvalue weighted by atomic mass is 9.75. The first-order valence-electron chi connectivity index (χ1n) is 12.1. The van der Waals surface area contributed by atoms with E-state index in [2.05, 4.69) is 25.6 Å². The van der Waals surface area contributed by atoms with Crippen LogP contribution in [0.2, 0.25) is 0 Å². The van der Waals surface area contributed by atoms with Crippen LogP contribution in [-0.2, 0) is 11.3 Å². The van der Waals surface area contributed by atoms with Gasteiger partial charge in [-0.25, -0.2) is 9.78 Å². The van der Waals surface area contributed by atoms with Crippen LogP contribution in [0.15, 0.2) is 30.9 Å². The number of hydrogen-bond acceptors (Lipinski definition) is 9. The van der Waals surface area contributed by atoms with E-state index in [-0.39, 0.29) is 24.8 Å². The quantitative estimate of drug-likeness (QED) is 0.540. The highest BCUT2D eigenvalue weighted by molar-refractivity contribution is 5.68. The molecule has 1 aliphatic carbocycles. The van der Waals surface area contributed by atoms with Gasteiger partial charge in [-0.15, -0.1) is 5.10 Å². The topological polar surface area (TPSA) is 126 Å². The molecule has 2 aliphatic rings. The Morgan fingerprint density at radius 1 is 1.11 bits per heavy atom. The van der Waals surface area contributed by atoms with Crippen molar-refractivity contribution >= 4 is 6.09 Å². The number of nitrogens with zero attached hydrogens (tertiary/aromatic N) is 9. The van der Waals surface area contributed by atoms with Crippen LogP contribution in [0.4, 0.5) is 4.79 Å². The third kappa shape index (κ3) is 5.25. The van der Waals surface area contributed by atoms with Gasteiger partial charge in [-0.2, -0.15) is 19.7 Å². The number of tetrazole rings is 1. The second-order valence-corrected chi connectivity index (χ2v) is 10.1. The predicted molar refractivity (Wildman–Crippen MR) is 124 cm³/mol. The van der Waals surface area contributed by atoms with E-state index in [0.717, 1.165) is 37.8 Å². The summed E-state index contributed by atoms with van der Waals surface area (Å²) in [4.78, 5) is 20.9. The second kappa shape index (κ2) is 9.59. The zero-order valence-corrected chi connectivity index (χ0v) is 20.3. The normalized spacial score (nSPS) is 22.5. The SMILES string of the molecule is CC(C)(C)OC(=O)N1CCC(n2ncc(COc3ccc(-n4cnnn4)nc3)n2)C2CCCCC21. The van der Waals surface area contributed by atoms with Gasteiger partial charge in [-0.1, -0.05) is 12.8 Å². The summed E-state index contributed by atoms with van der Waals surface area (Å²) in [5, 5.41) is 20.3. The molecule has 12 nitrogen and oxygen atoms in total. The molecule has 1 aliphatic heterocycles. The van der Waals surface area contributed by atoms with Gasteiger partial charge < -0.3 is 14.4 Å². The van der Waals surface area contributed by atoms with Gasteiger partial charge in [0.05, 0.1) is 18.4 Å². The van der Waals surface area contributed by atoms with Crippen LogP contribution >= 0.6 is 0 Å². The van der Waals surface area contributed by atoms with Crippen molar-refractivity contribution in [2.75, 3.05) is 6.54 Å². The van der Waals surface area contributed by atoms with Crippen LogP contribution in [-0.4, -0.2) is 69.4 Å². The molecule has 0 aromatic carbocycles. The van der Waals surface area contributed by atoms with Gasteiger partial charge in [0, 0.05) is 18.5 Å². The van der Waals surface area contributed by atoms with Crippen LogP contribution in [0, 0.1) is 5.92 Å². The number of hydrogen-bond donors (Lipinski definition) is 0. The highest BCUT2D eigenvalue weighted by Crippen LogP contribution is 2.41. The van der Waals surface area contributed by atoms with Crippen LogP contribution in [0.5, 0.6) is 5.75 Å². The second-order valence-electron chi connectivity index (χ2n) is 10.1. The first-order chi connectivity index (χ1) is 16.9.